The Morgan fingerprint density at radius 3 is 2.05 bits per heavy atom. The van der Waals surface area contributed by atoms with Crippen LogP contribution in [0.1, 0.15) is 22.6 Å². The fourth-order valence-electron chi connectivity index (χ4n) is 6.30. The predicted octanol–water partition coefficient (Wildman–Crippen LogP) is 9.88. The Bertz CT molecular complexity index is 2190. The van der Waals surface area contributed by atoms with E-state index in [-0.39, 0.29) is 5.92 Å². The van der Waals surface area contributed by atoms with Gasteiger partial charge in [0.05, 0.1) is 16.1 Å². The highest BCUT2D eigenvalue weighted by Crippen LogP contribution is 2.52. The molecule has 2 aliphatic rings. The molecule has 2 aromatic heterocycles. The molecule has 0 amide bonds. The van der Waals surface area contributed by atoms with E-state index in [9.17, 15) is 0 Å². The second-order valence-corrected chi connectivity index (χ2v) is 11.9. The van der Waals surface area contributed by atoms with Crippen molar-refractivity contribution in [3.8, 4) is 22.8 Å². The number of fused-ring (bicyclic) bond motifs is 9. The highest BCUT2D eigenvalue weighted by atomic mass is 32.1. The quantitative estimate of drug-likeness (QED) is 0.213. The number of rotatable bonds is 3. The fourth-order valence-corrected chi connectivity index (χ4v) is 7.55. The topological polar surface area (TPSA) is 41.9 Å². The van der Waals surface area contributed by atoms with E-state index in [0.717, 1.165) is 28.1 Å². The predicted molar refractivity (Wildman–Crippen MR) is 178 cm³/mol. The minimum atomic E-state index is 0.132. The average molecular weight is 569 g/mol. The standard InChI is InChI=1S/C38H24N4S/c1-3-12-25(13-4-1)36-39-37(26-14-5-2-6-15-26)41-38(40-36)42-32-23-27(20-19-24-11-7-8-16-28(24)32)29-21-22-31-30-17-9-10-18-33(30)43-35(31)34(29)42/h1-23,27H. The third-order valence-electron chi connectivity index (χ3n) is 8.32. The van der Waals surface area contributed by atoms with E-state index < -0.39 is 0 Å². The van der Waals surface area contributed by atoms with Gasteiger partial charge < -0.3 is 0 Å². The Morgan fingerprint density at radius 1 is 0.605 bits per heavy atom. The lowest BCUT2D eigenvalue weighted by molar-refractivity contribution is 0.988. The van der Waals surface area contributed by atoms with Gasteiger partial charge in [-0.25, -0.2) is 4.98 Å². The molecule has 0 saturated heterocycles. The van der Waals surface area contributed by atoms with E-state index in [2.05, 4.69) is 108 Å². The average Bonchev–Trinajstić information content (AvgIpc) is 3.38. The van der Waals surface area contributed by atoms with E-state index in [1.807, 2.05) is 47.7 Å². The van der Waals surface area contributed by atoms with Crippen molar-refractivity contribution in [3.05, 3.63) is 150 Å². The zero-order valence-corrected chi connectivity index (χ0v) is 23.9. The number of aromatic nitrogens is 3. The van der Waals surface area contributed by atoms with Crippen LogP contribution in [0.5, 0.6) is 0 Å². The van der Waals surface area contributed by atoms with Gasteiger partial charge in [-0.05, 0) is 23.3 Å². The zero-order valence-electron chi connectivity index (χ0n) is 23.1. The third-order valence-corrected chi connectivity index (χ3v) is 9.51. The van der Waals surface area contributed by atoms with Crippen molar-refractivity contribution in [2.75, 3.05) is 4.90 Å². The van der Waals surface area contributed by atoms with Crippen LogP contribution in [-0.4, -0.2) is 15.0 Å². The van der Waals surface area contributed by atoms with Gasteiger partial charge in [0.15, 0.2) is 11.6 Å². The van der Waals surface area contributed by atoms with Crippen molar-refractivity contribution < 1.29 is 0 Å². The van der Waals surface area contributed by atoms with Crippen molar-refractivity contribution in [2.24, 2.45) is 0 Å². The smallest absolute Gasteiger partial charge is 0.238 e. The lowest BCUT2D eigenvalue weighted by Crippen LogP contribution is -2.24. The molecule has 5 aromatic carbocycles. The lowest BCUT2D eigenvalue weighted by Gasteiger charge is -2.34. The second-order valence-electron chi connectivity index (χ2n) is 10.9. The first-order valence-corrected chi connectivity index (χ1v) is 15.2. The van der Waals surface area contributed by atoms with Crippen molar-refractivity contribution in [3.63, 3.8) is 0 Å². The number of benzene rings is 5. The highest BCUT2D eigenvalue weighted by Gasteiger charge is 2.34. The summed E-state index contributed by atoms with van der Waals surface area (Å²) in [5.41, 5.74) is 7.73. The van der Waals surface area contributed by atoms with E-state index in [1.165, 1.54) is 31.3 Å². The first-order chi connectivity index (χ1) is 21.3. The van der Waals surface area contributed by atoms with Crippen molar-refractivity contribution >= 4 is 54.9 Å². The van der Waals surface area contributed by atoms with Crippen LogP contribution in [0.15, 0.2) is 133 Å². The molecule has 0 N–H and O–H groups in total. The Morgan fingerprint density at radius 2 is 1.28 bits per heavy atom. The van der Waals surface area contributed by atoms with Crippen LogP contribution in [0.25, 0.3) is 54.7 Å². The van der Waals surface area contributed by atoms with Crippen molar-refractivity contribution in [1.29, 1.82) is 0 Å². The summed E-state index contributed by atoms with van der Waals surface area (Å²) in [4.78, 5) is 17.7. The van der Waals surface area contributed by atoms with E-state index >= 15 is 0 Å². The van der Waals surface area contributed by atoms with Gasteiger partial charge in [0, 0.05) is 38.1 Å². The van der Waals surface area contributed by atoms with Crippen LogP contribution >= 0.6 is 11.3 Å². The van der Waals surface area contributed by atoms with Crippen molar-refractivity contribution in [1.82, 2.24) is 15.0 Å². The number of anilines is 2. The zero-order chi connectivity index (χ0) is 28.3. The molecule has 5 heteroatoms. The van der Waals surface area contributed by atoms with E-state index in [1.54, 1.807) is 0 Å². The molecule has 9 rings (SSSR count). The lowest BCUT2D eigenvalue weighted by atomic mass is 9.90. The molecular formula is C38H24N4S. The molecule has 1 unspecified atom stereocenters. The molecule has 0 spiro atoms. The minimum Gasteiger partial charge on any atom is -0.277 e. The molecule has 3 heterocycles. The molecule has 4 nitrogen and oxygen atoms in total. The van der Waals surface area contributed by atoms with Crippen LogP contribution in [0.2, 0.25) is 0 Å². The number of nitrogens with zero attached hydrogens (tertiary/aromatic N) is 4. The summed E-state index contributed by atoms with van der Waals surface area (Å²) < 4.78 is 2.51. The number of allylic oxidation sites excluding steroid dienone is 2. The van der Waals surface area contributed by atoms with Gasteiger partial charge in [-0.1, -0.05) is 127 Å². The van der Waals surface area contributed by atoms with Crippen molar-refractivity contribution in [2.45, 2.75) is 5.92 Å². The maximum atomic E-state index is 5.21. The first kappa shape index (κ1) is 24.2. The SMILES string of the molecule is C1=CC2C=C(c3ccccc31)N(c1nc(-c3ccccc3)nc(-c3ccccc3)n1)c1c2ccc2c1sc1ccccc12. The second kappa shape index (κ2) is 9.58. The van der Waals surface area contributed by atoms with Crippen LogP contribution in [0, 0.1) is 0 Å². The maximum absolute atomic E-state index is 5.21. The number of hydrogen-bond acceptors (Lipinski definition) is 5. The molecule has 2 bridgehead atoms. The summed E-state index contributed by atoms with van der Waals surface area (Å²) in [6.45, 7) is 0. The van der Waals surface area contributed by atoms with Crippen LogP contribution < -0.4 is 4.90 Å². The van der Waals surface area contributed by atoms with Gasteiger partial charge in [-0.2, -0.15) is 9.97 Å². The normalized spacial score (nSPS) is 15.2. The van der Waals surface area contributed by atoms with Gasteiger partial charge >= 0.3 is 0 Å². The molecule has 7 aromatic rings. The van der Waals surface area contributed by atoms with Crippen LogP contribution in [-0.2, 0) is 0 Å². The van der Waals surface area contributed by atoms with Crippen LogP contribution in [0.3, 0.4) is 0 Å². The van der Waals surface area contributed by atoms with Gasteiger partial charge in [0.1, 0.15) is 0 Å². The van der Waals surface area contributed by atoms with Gasteiger partial charge in [0.25, 0.3) is 0 Å². The molecule has 1 aliphatic carbocycles. The summed E-state index contributed by atoms with van der Waals surface area (Å²) in [6, 6.07) is 42.2. The molecular weight excluding hydrogens is 545 g/mol. The monoisotopic (exact) mass is 568 g/mol. The number of thiophene rings is 1. The Kier molecular flexibility index (Phi) is 5.40. The Labute approximate surface area is 253 Å². The largest absolute Gasteiger partial charge is 0.277 e. The molecule has 43 heavy (non-hydrogen) atoms. The molecule has 0 saturated carbocycles. The first-order valence-electron chi connectivity index (χ1n) is 14.4. The van der Waals surface area contributed by atoms with Gasteiger partial charge in [-0.3, -0.25) is 4.90 Å². The van der Waals surface area contributed by atoms with Gasteiger partial charge in [-0.15, -0.1) is 11.3 Å². The summed E-state index contributed by atoms with van der Waals surface area (Å²) in [6.07, 6.45) is 6.93. The Balaban J connectivity index is 1.38. The minimum absolute atomic E-state index is 0.132. The molecule has 0 fully saturated rings. The summed E-state index contributed by atoms with van der Waals surface area (Å²) >= 11 is 1.84. The molecule has 202 valence electrons. The summed E-state index contributed by atoms with van der Waals surface area (Å²) in [5, 5.41) is 2.52. The Hall–Kier alpha value is -5.39. The van der Waals surface area contributed by atoms with E-state index in [0.29, 0.717) is 17.6 Å². The molecule has 1 atom stereocenters. The van der Waals surface area contributed by atoms with Crippen LogP contribution in [0.4, 0.5) is 11.6 Å². The molecule has 1 aliphatic heterocycles. The fraction of sp³-hybridized carbons (Fsp3) is 0.0263. The summed E-state index contributed by atoms with van der Waals surface area (Å²) in [5.74, 6) is 2.04. The summed E-state index contributed by atoms with van der Waals surface area (Å²) in [7, 11) is 0. The van der Waals surface area contributed by atoms with E-state index in [4.69, 9.17) is 15.0 Å². The van der Waals surface area contributed by atoms with Gasteiger partial charge in [0.2, 0.25) is 5.95 Å². The maximum Gasteiger partial charge on any atom is 0.238 e. The molecule has 0 radical (unpaired) electrons. The third kappa shape index (κ3) is 3.86. The number of hydrogen-bond donors (Lipinski definition) is 0. The highest BCUT2D eigenvalue weighted by molar-refractivity contribution is 7.26.